The average Bonchev–Trinajstić information content (AvgIpc) is 2.42. The van der Waals surface area contributed by atoms with Gasteiger partial charge in [0, 0.05) is 0 Å². The quantitative estimate of drug-likeness (QED) is 0.705. The predicted molar refractivity (Wildman–Crippen MR) is 88.4 cm³/mol. The molecule has 0 amide bonds. The van der Waals surface area contributed by atoms with Gasteiger partial charge in [0.05, 0.1) is 32.8 Å². The Bertz CT molecular complexity index is 784. The monoisotopic (exact) mass is 454 g/mol. The molecule has 0 spiro atoms. The second kappa shape index (κ2) is 6.51. The van der Waals surface area contributed by atoms with Crippen molar-refractivity contribution in [3.63, 3.8) is 0 Å². The molecule has 0 saturated carbocycles. The van der Waals surface area contributed by atoms with Crippen LogP contribution in [0.1, 0.15) is 0 Å². The zero-order valence-corrected chi connectivity index (χ0v) is 15.3. The highest BCUT2D eigenvalue weighted by Crippen LogP contribution is 2.29. The van der Waals surface area contributed by atoms with Crippen molar-refractivity contribution in [2.75, 3.05) is 11.8 Å². The van der Waals surface area contributed by atoms with E-state index >= 15 is 0 Å². The number of aromatic nitrogens is 1. The molecule has 0 aliphatic carbocycles. The molecule has 1 heterocycles. The number of anilines is 1. The van der Waals surface area contributed by atoms with Crippen LogP contribution in [0.3, 0.4) is 0 Å². The van der Waals surface area contributed by atoms with E-state index in [1.807, 2.05) is 0 Å². The minimum absolute atomic E-state index is 0.0984. The molecule has 2 aromatic rings. The van der Waals surface area contributed by atoms with E-state index in [1.54, 1.807) is 6.07 Å². The lowest BCUT2D eigenvalue weighted by Gasteiger charge is -2.10. The zero-order valence-electron chi connectivity index (χ0n) is 10.6. The molecule has 0 aliphatic heterocycles. The lowest BCUT2D eigenvalue weighted by atomic mass is 10.3. The Balaban J connectivity index is 2.33. The standard InChI is InChI=1S/C12H9Br2ClN2O3S/c1-20-11-3-2-8(5-9(11)13)21(18,19)17-7-4-10(14)12(15)16-6-7/h2-6,17H,1H3. The molecule has 0 radical (unpaired) electrons. The summed E-state index contributed by atoms with van der Waals surface area (Å²) in [5, 5.41) is 0.255. The molecule has 5 nitrogen and oxygen atoms in total. The van der Waals surface area contributed by atoms with Crippen LogP contribution in [0, 0.1) is 0 Å². The summed E-state index contributed by atoms with van der Waals surface area (Å²) in [6.45, 7) is 0. The van der Waals surface area contributed by atoms with E-state index in [9.17, 15) is 8.42 Å². The molecule has 0 bridgehead atoms. The number of nitrogens with zero attached hydrogens (tertiary/aromatic N) is 1. The van der Waals surface area contributed by atoms with Gasteiger partial charge >= 0.3 is 0 Å². The number of pyridine rings is 1. The number of hydrogen-bond donors (Lipinski definition) is 1. The Morgan fingerprint density at radius 3 is 2.52 bits per heavy atom. The third kappa shape index (κ3) is 3.88. The van der Waals surface area contributed by atoms with Crippen LogP contribution in [0.15, 0.2) is 44.3 Å². The number of halogens is 3. The summed E-state index contributed by atoms with van der Waals surface area (Å²) >= 11 is 12.2. The molecular weight excluding hydrogens is 447 g/mol. The summed E-state index contributed by atoms with van der Waals surface area (Å²) in [5.74, 6) is 0.546. The van der Waals surface area contributed by atoms with Gasteiger partial charge in [-0.2, -0.15) is 0 Å². The van der Waals surface area contributed by atoms with Crippen molar-refractivity contribution in [1.82, 2.24) is 4.98 Å². The SMILES string of the molecule is COc1ccc(S(=O)(=O)Nc2cnc(Cl)c(Br)c2)cc1Br. The van der Waals surface area contributed by atoms with Gasteiger partial charge in [-0.05, 0) is 56.1 Å². The average molecular weight is 457 g/mol. The van der Waals surface area contributed by atoms with Crippen molar-refractivity contribution in [3.8, 4) is 5.75 Å². The zero-order chi connectivity index (χ0) is 15.6. The number of methoxy groups -OCH3 is 1. The normalized spacial score (nSPS) is 11.2. The molecule has 112 valence electrons. The summed E-state index contributed by atoms with van der Waals surface area (Å²) < 4.78 is 33.1. The van der Waals surface area contributed by atoms with Crippen molar-refractivity contribution < 1.29 is 13.2 Å². The summed E-state index contributed by atoms with van der Waals surface area (Å²) in [4.78, 5) is 3.96. The smallest absolute Gasteiger partial charge is 0.261 e. The highest BCUT2D eigenvalue weighted by Gasteiger charge is 2.16. The molecule has 1 N–H and O–H groups in total. The van der Waals surface area contributed by atoms with E-state index in [0.29, 0.717) is 20.4 Å². The Labute approximate surface area is 144 Å². The number of ether oxygens (including phenoxy) is 1. The van der Waals surface area contributed by atoms with E-state index in [0.717, 1.165) is 0 Å². The second-order valence-electron chi connectivity index (χ2n) is 3.90. The van der Waals surface area contributed by atoms with Crippen LogP contribution in [0.2, 0.25) is 5.15 Å². The number of sulfonamides is 1. The Hall–Kier alpha value is -0.830. The van der Waals surface area contributed by atoms with Gasteiger partial charge in [0.1, 0.15) is 10.9 Å². The fourth-order valence-electron chi connectivity index (χ4n) is 1.51. The van der Waals surface area contributed by atoms with Gasteiger partial charge in [-0.15, -0.1) is 0 Å². The molecule has 0 unspecified atom stereocenters. The maximum Gasteiger partial charge on any atom is 0.261 e. The van der Waals surface area contributed by atoms with Crippen molar-refractivity contribution in [3.05, 3.63) is 44.6 Å². The minimum Gasteiger partial charge on any atom is -0.496 e. The van der Waals surface area contributed by atoms with Crippen LogP contribution >= 0.6 is 43.5 Å². The molecule has 0 saturated heterocycles. The van der Waals surface area contributed by atoms with Gasteiger partial charge < -0.3 is 4.74 Å². The fraction of sp³-hybridized carbons (Fsp3) is 0.0833. The van der Waals surface area contributed by atoms with E-state index in [-0.39, 0.29) is 10.0 Å². The predicted octanol–water partition coefficient (Wildman–Crippen LogP) is 4.07. The van der Waals surface area contributed by atoms with Crippen LogP contribution in [0.25, 0.3) is 0 Å². The van der Waals surface area contributed by atoms with Gasteiger partial charge in [0.25, 0.3) is 10.0 Å². The highest BCUT2D eigenvalue weighted by molar-refractivity contribution is 9.10. The summed E-state index contributed by atoms with van der Waals surface area (Å²) in [7, 11) is -2.23. The Kier molecular flexibility index (Phi) is 5.13. The molecule has 0 fully saturated rings. The van der Waals surface area contributed by atoms with Gasteiger partial charge in [-0.25, -0.2) is 13.4 Å². The van der Waals surface area contributed by atoms with Crippen LogP contribution in [0.5, 0.6) is 5.75 Å². The maximum atomic E-state index is 12.3. The van der Waals surface area contributed by atoms with Gasteiger partial charge in [0.15, 0.2) is 0 Å². The Morgan fingerprint density at radius 1 is 1.24 bits per heavy atom. The summed E-state index contributed by atoms with van der Waals surface area (Å²) in [6, 6.07) is 6.00. The van der Waals surface area contributed by atoms with Gasteiger partial charge in [-0.1, -0.05) is 11.6 Å². The molecule has 9 heteroatoms. The van der Waals surface area contributed by atoms with Crippen LogP contribution in [0.4, 0.5) is 5.69 Å². The van der Waals surface area contributed by atoms with Crippen molar-refractivity contribution in [1.29, 1.82) is 0 Å². The number of nitrogens with one attached hydrogen (secondary N) is 1. The van der Waals surface area contributed by atoms with Crippen LogP contribution < -0.4 is 9.46 Å². The molecule has 0 aliphatic rings. The lowest BCUT2D eigenvalue weighted by molar-refractivity contribution is 0.411. The third-order valence-electron chi connectivity index (χ3n) is 2.48. The summed E-state index contributed by atoms with van der Waals surface area (Å²) in [6.07, 6.45) is 1.34. The van der Waals surface area contributed by atoms with Gasteiger partial charge in [0.2, 0.25) is 0 Å². The topological polar surface area (TPSA) is 68.3 Å². The number of hydrogen-bond acceptors (Lipinski definition) is 4. The van der Waals surface area contributed by atoms with Crippen LogP contribution in [-0.4, -0.2) is 20.5 Å². The largest absolute Gasteiger partial charge is 0.496 e. The highest BCUT2D eigenvalue weighted by atomic mass is 79.9. The van der Waals surface area contributed by atoms with Crippen molar-refractivity contribution in [2.45, 2.75) is 4.90 Å². The maximum absolute atomic E-state index is 12.3. The molecule has 1 aromatic carbocycles. The first kappa shape index (κ1) is 16.5. The third-order valence-corrected chi connectivity index (χ3v) is 5.61. The first-order valence-electron chi connectivity index (χ1n) is 5.51. The van der Waals surface area contributed by atoms with Gasteiger partial charge in [-0.3, -0.25) is 4.72 Å². The van der Waals surface area contributed by atoms with Crippen LogP contribution in [-0.2, 0) is 10.0 Å². The number of benzene rings is 1. The van der Waals surface area contributed by atoms with E-state index in [2.05, 4.69) is 41.6 Å². The van der Waals surface area contributed by atoms with Crippen molar-refractivity contribution in [2.24, 2.45) is 0 Å². The minimum atomic E-state index is -3.73. The molecule has 2 rings (SSSR count). The van der Waals surface area contributed by atoms with E-state index in [4.69, 9.17) is 16.3 Å². The number of rotatable bonds is 4. The molecular formula is C12H9Br2ClN2O3S. The molecule has 0 atom stereocenters. The lowest BCUT2D eigenvalue weighted by Crippen LogP contribution is -2.13. The molecule has 1 aromatic heterocycles. The van der Waals surface area contributed by atoms with E-state index in [1.165, 1.54) is 31.5 Å². The Morgan fingerprint density at radius 2 is 1.95 bits per heavy atom. The van der Waals surface area contributed by atoms with E-state index < -0.39 is 10.0 Å². The van der Waals surface area contributed by atoms with Crippen molar-refractivity contribution >= 4 is 59.2 Å². The second-order valence-corrected chi connectivity index (χ2v) is 7.65. The molecule has 21 heavy (non-hydrogen) atoms. The summed E-state index contributed by atoms with van der Waals surface area (Å²) in [5.41, 5.74) is 0.304. The fourth-order valence-corrected chi connectivity index (χ4v) is 3.71. The first-order valence-corrected chi connectivity index (χ1v) is 8.95. The first-order chi connectivity index (χ1) is 9.83.